The Labute approximate surface area is 93.2 Å². The number of halogens is 1. The van der Waals surface area contributed by atoms with Gasteiger partial charge in [0.15, 0.2) is 0 Å². The van der Waals surface area contributed by atoms with Gasteiger partial charge in [-0.05, 0) is 34.1 Å². The molecule has 0 saturated carbocycles. The molecule has 2 atom stereocenters. The molecule has 3 nitrogen and oxygen atoms in total. The van der Waals surface area contributed by atoms with Gasteiger partial charge in [-0.3, -0.25) is 0 Å². The third kappa shape index (κ3) is 1.86. The van der Waals surface area contributed by atoms with Gasteiger partial charge in [0.2, 0.25) is 0 Å². The molecule has 0 amide bonds. The number of hydrogen-bond acceptors (Lipinski definition) is 3. The fourth-order valence-corrected chi connectivity index (χ4v) is 2.59. The molecule has 2 unspecified atom stereocenters. The first-order valence-corrected chi connectivity index (χ1v) is 5.75. The number of hydroxylamine groups is 2. The second-order valence-electron chi connectivity index (χ2n) is 4.95. The van der Waals surface area contributed by atoms with Crippen molar-refractivity contribution in [2.24, 2.45) is 0 Å². The molecular weight excluding hydrogens is 281 g/mol. The van der Waals surface area contributed by atoms with Crippen LogP contribution in [0.2, 0.25) is 0 Å². The summed E-state index contributed by atoms with van der Waals surface area (Å²) in [5, 5.41) is 21.2. The molecular formula is C9H18INO2. The van der Waals surface area contributed by atoms with E-state index in [1.807, 2.05) is 27.7 Å². The number of rotatable bonds is 0. The first kappa shape index (κ1) is 11.7. The molecule has 0 aromatic carbocycles. The van der Waals surface area contributed by atoms with Crippen molar-refractivity contribution in [1.82, 2.24) is 5.06 Å². The molecule has 0 aliphatic carbocycles. The summed E-state index contributed by atoms with van der Waals surface area (Å²) in [6, 6.07) is 0. The summed E-state index contributed by atoms with van der Waals surface area (Å²) < 4.78 is 0.0584. The highest BCUT2D eigenvalue weighted by Gasteiger charge is 2.50. The zero-order valence-corrected chi connectivity index (χ0v) is 10.7. The summed E-state index contributed by atoms with van der Waals surface area (Å²) in [7, 11) is 0. The number of aliphatic hydroxyl groups excluding tert-OH is 1. The van der Waals surface area contributed by atoms with Gasteiger partial charge in [0, 0.05) is 5.54 Å². The Kier molecular flexibility index (Phi) is 2.99. The first-order valence-electron chi connectivity index (χ1n) is 4.51. The van der Waals surface area contributed by atoms with E-state index in [1.165, 1.54) is 5.06 Å². The molecule has 0 radical (unpaired) electrons. The van der Waals surface area contributed by atoms with E-state index in [9.17, 15) is 10.3 Å². The van der Waals surface area contributed by atoms with Crippen LogP contribution in [0.1, 0.15) is 34.1 Å². The number of alkyl halides is 1. The van der Waals surface area contributed by atoms with E-state index >= 15 is 0 Å². The Bertz CT molecular complexity index is 206. The van der Waals surface area contributed by atoms with Gasteiger partial charge in [-0.25, -0.2) is 0 Å². The van der Waals surface area contributed by atoms with Crippen LogP contribution in [-0.2, 0) is 0 Å². The average Bonchev–Trinajstić information content (AvgIpc) is 1.98. The monoisotopic (exact) mass is 299 g/mol. The van der Waals surface area contributed by atoms with Crippen molar-refractivity contribution in [3.63, 3.8) is 0 Å². The van der Waals surface area contributed by atoms with Gasteiger partial charge in [0.1, 0.15) is 0 Å². The minimum atomic E-state index is -0.373. The SMILES string of the molecule is CC1(C)CC(O)C(I)C(C)(C)N1O. The number of aliphatic hydroxyl groups is 1. The second kappa shape index (κ2) is 3.32. The van der Waals surface area contributed by atoms with Gasteiger partial charge in [0.05, 0.1) is 15.6 Å². The van der Waals surface area contributed by atoms with E-state index < -0.39 is 0 Å². The summed E-state index contributed by atoms with van der Waals surface area (Å²) in [6.07, 6.45) is 0.273. The quantitative estimate of drug-likeness (QED) is 0.529. The number of hydrogen-bond donors (Lipinski definition) is 2. The Morgan fingerprint density at radius 1 is 1.31 bits per heavy atom. The molecule has 78 valence electrons. The van der Waals surface area contributed by atoms with Crippen molar-refractivity contribution in [2.45, 2.75) is 55.2 Å². The molecule has 1 fully saturated rings. The Balaban J connectivity index is 2.96. The number of nitrogens with zero attached hydrogens (tertiary/aromatic N) is 1. The van der Waals surface area contributed by atoms with E-state index in [0.29, 0.717) is 6.42 Å². The lowest BCUT2D eigenvalue weighted by molar-refractivity contribution is -0.252. The van der Waals surface area contributed by atoms with Gasteiger partial charge in [0.25, 0.3) is 0 Å². The third-order valence-electron chi connectivity index (χ3n) is 2.84. The van der Waals surface area contributed by atoms with Crippen LogP contribution < -0.4 is 0 Å². The second-order valence-corrected chi connectivity index (χ2v) is 6.29. The predicted octanol–water partition coefficient (Wildman–Crippen LogP) is 1.80. The molecule has 1 rings (SSSR count). The Morgan fingerprint density at radius 2 is 1.77 bits per heavy atom. The topological polar surface area (TPSA) is 43.7 Å². The maximum absolute atomic E-state index is 9.97. The van der Waals surface area contributed by atoms with Crippen molar-refractivity contribution in [1.29, 1.82) is 0 Å². The third-order valence-corrected chi connectivity index (χ3v) is 5.19. The molecule has 0 aromatic rings. The van der Waals surface area contributed by atoms with Gasteiger partial charge < -0.3 is 10.3 Å². The molecule has 0 spiro atoms. The van der Waals surface area contributed by atoms with E-state index in [4.69, 9.17) is 0 Å². The summed E-state index contributed by atoms with van der Waals surface area (Å²) in [6.45, 7) is 7.80. The maximum atomic E-state index is 9.97. The van der Waals surface area contributed by atoms with E-state index in [-0.39, 0.29) is 21.1 Å². The zero-order valence-electron chi connectivity index (χ0n) is 8.58. The van der Waals surface area contributed by atoms with Crippen LogP contribution in [0.15, 0.2) is 0 Å². The van der Waals surface area contributed by atoms with Crippen LogP contribution in [0, 0.1) is 0 Å². The summed E-state index contributed by atoms with van der Waals surface area (Å²) in [4.78, 5) is 0. The van der Waals surface area contributed by atoms with Crippen LogP contribution in [0.5, 0.6) is 0 Å². The van der Waals surface area contributed by atoms with Crippen LogP contribution in [-0.4, -0.2) is 36.5 Å². The lowest BCUT2D eigenvalue weighted by Gasteiger charge is -2.53. The lowest BCUT2D eigenvalue weighted by atomic mass is 9.80. The highest BCUT2D eigenvalue weighted by Crippen LogP contribution is 2.40. The number of piperidine rings is 1. The molecule has 1 heterocycles. The van der Waals surface area contributed by atoms with Crippen molar-refractivity contribution in [3.8, 4) is 0 Å². The maximum Gasteiger partial charge on any atom is 0.0694 e. The van der Waals surface area contributed by atoms with Crippen molar-refractivity contribution >= 4 is 22.6 Å². The zero-order chi connectivity index (χ0) is 10.4. The minimum absolute atomic E-state index is 0.0584. The fraction of sp³-hybridized carbons (Fsp3) is 1.00. The summed E-state index contributed by atoms with van der Waals surface area (Å²) in [5.74, 6) is 0. The van der Waals surface area contributed by atoms with Gasteiger partial charge in [-0.2, -0.15) is 5.06 Å². The molecule has 1 saturated heterocycles. The van der Waals surface area contributed by atoms with E-state index in [1.54, 1.807) is 0 Å². The van der Waals surface area contributed by atoms with Crippen LogP contribution >= 0.6 is 22.6 Å². The normalized spacial score (nSPS) is 39.0. The Morgan fingerprint density at radius 3 is 2.23 bits per heavy atom. The van der Waals surface area contributed by atoms with Gasteiger partial charge in [-0.1, -0.05) is 22.6 Å². The van der Waals surface area contributed by atoms with Crippen LogP contribution in [0.3, 0.4) is 0 Å². The molecule has 1 aliphatic heterocycles. The first-order chi connectivity index (χ1) is 5.69. The highest BCUT2D eigenvalue weighted by molar-refractivity contribution is 14.1. The minimum Gasteiger partial charge on any atom is -0.392 e. The molecule has 2 N–H and O–H groups in total. The highest BCUT2D eigenvalue weighted by atomic mass is 127. The van der Waals surface area contributed by atoms with Crippen molar-refractivity contribution < 1.29 is 10.3 Å². The summed E-state index contributed by atoms with van der Waals surface area (Å²) >= 11 is 2.21. The van der Waals surface area contributed by atoms with Crippen LogP contribution in [0.25, 0.3) is 0 Å². The largest absolute Gasteiger partial charge is 0.392 e. The van der Waals surface area contributed by atoms with Crippen molar-refractivity contribution in [3.05, 3.63) is 0 Å². The van der Waals surface area contributed by atoms with E-state index in [2.05, 4.69) is 22.6 Å². The lowest BCUT2D eigenvalue weighted by Crippen LogP contribution is -2.65. The predicted molar refractivity (Wildman–Crippen MR) is 60.2 cm³/mol. The van der Waals surface area contributed by atoms with Gasteiger partial charge >= 0.3 is 0 Å². The van der Waals surface area contributed by atoms with E-state index in [0.717, 1.165) is 0 Å². The molecule has 4 heteroatoms. The molecule has 0 aromatic heterocycles. The molecule has 13 heavy (non-hydrogen) atoms. The summed E-state index contributed by atoms with van der Waals surface area (Å²) in [5.41, 5.74) is -0.716. The fourth-order valence-electron chi connectivity index (χ4n) is 2.07. The standard InChI is InChI=1S/C9H18INO2/c1-8(2)5-6(12)7(10)9(3,4)11(8)13/h6-7,12-13H,5H2,1-4H3. The molecule has 1 aliphatic rings. The van der Waals surface area contributed by atoms with Crippen LogP contribution in [0.4, 0.5) is 0 Å². The van der Waals surface area contributed by atoms with Gasteiger partial charge in [-0.15, -0.1) is 0 Å². The smallest absolute Gasteiger partial charge is 0.0694 e. The molecule has 0 bridgehead atoms. The van der Waals surface area contributed by atoms with Crippen molar-refractivity contribution in [2.75, 3.05) is 0 Å². The average molecular weight is 299 g/mol. The Hall–Kier alpha value is 0.610.